The molecule has 0 bridgehead atoms. The van der Waals surface area contributed by atoms with Crippen LogP contribution in [0.5, 0.6) is 0 Å². The number of nitrogens with two attached hydrogens (primary N) is 1. The van der Waals surface area contributed by atoms with Gasteiger partial charge in [0.2, 0.25) is 0 Å². The van der Waals surface area contributed by atoms with Gasteiger partial charge in [0.25, 0.3) is 0 Å². The molecule has 0 aromatic carbocycles. The van der Waals surface area contributed by atoms with E-state index in [0.29, 0.717) is 0 Å². The van der Waals surface area contributed by atoms with Gasteiger partial charge in [-0.2, -0.15) is 0 Å². The number of aliphatic carboxylic acids is 1. The number of carboxylic acids is 1. The Balaban J connectivity index is 1.92. The van der Waals surface area contributed by atoms with Gasteiger partial charge in [-0.3, -0.25) is 4.79 Å². The van der Waals surface area contributed by atoms with Crippen molar-refractivity contribution in [2.75, 3.05) is 0 Å². The molecule has 3 N–H and O–H groups in total. The third kappa shape index (κ3) is 3.37. The molecule has 0 aromatic rings. The third-order valence-electron chi connectivity index (χ3n) is 2.21. The molecule has 1 aliphatic carbocycles. The van der Waals surface area contributed by atoms with Crippen LogP contribution < -0.4 is 5.73 Å². The maximum absolute atomic E-state index is 10.1. The van der Waals surface area contributed by atoms with Gasteiger partial charge in [0.05, 0.1) is 0 Å². The summed E-state index contributed by atoms with van der Waals surface area (Å²) >= 11 is 0. The molecule has 0 aromatic heterocycles. The Labute approximate surface area is 66.6 Å². The molecule has 1 saturated carbocycles. The molecular weight excluding hydrogens is 142 g/mol. The summed E-state index contributed by atoms with van der Waals surface area (Å²) in [5.74, 6) is -0.702. The molecule has 3 nitrogen and oxygen atoms in total. The molecule has 64 valence electrons. The minimum absolute atomic E-state index is 0.0957. The first-order valence-corrected chi connectivity index (χ1v) is 4.13. The Morgan fingerprint density at radius 1 is 1.45 bits per heavy atom. The van der Waals surface area contributed by atoms with Crippen LogP contribution in [0.4, 0.5) is 0 Å². The molecule has 0 aliphatic heterocycles. The van der Waals surface area contributed by atoms with E-state index in [0.717, 1.165) is 32.1 Å². The van der Waals surface area contributed by atoms with Gasteiger partial charge in [0.15, 0.2) is 0 Å². The molecule has 0 heterocycles. The third-order valence-corrected chi connectivity index (χ3v) is 2.21. The fourth-order valence-electron chi connectivity index (χ4n) is 1.16. The first-order chi connectivity index (χ1) is 5.12. The summed E-state index contributed by atoms with van der Waals surface area (Å²) in [4.78, 5) is 10.1. The monoisotopic (exact) mass is 157 g/mol. The molecule has 3 heteroatoms. The Bertz CT molecular complexity index is 152. The average molecular weight is 157 g/mol. The summed E-state index contributed by atoms with van der Waals surface area (Å²) in [6, 6.07) is 0. The number of unbranched alkanes of at least 4 members (excludes halogenated alkanes) is 1. The van der Waals surface area contributed by atoms with Gasteiger partial charge in [-0.25, -0.2) is 0 Å². The summed E-state index contributed by atoms with van der Waals surface area (Å²) in [5.41, 5.74) is 5.91. The summed E-state index contributed by atoms with van der Waals surface area (Å²) in [6.45, 7) is 0. The van der Waals surface area contributed by atoms with Crippen LogP contribution >= 0.6 is 0 Å². The van der Waals surface area contributed by atoms with Gasteiger partial charge in [0, 0.05) is 12.0 Å². The highest BCUT2D eigenvalue weighted by atomic mass is 16.4. The van der Waals surface area contributed by atoms with Gasteiger partial charge in [-0.05, 0) is 25.7 Å². The minimum atomic E-state index is -0.702. The molecule has 0 saturated heterocycles. The first-order valence-electron chi connectivity index (χ1n) is 4.13. The largest absolute Gasteiger partial charge is 0.481 e. The van der Waals surface area contributed by atoms with Crippen LogP contribution in [0.3, 0.4) is 0 Å². The Hall–Kier alpha value is -0.570. The fourth-order valence-corrected chi connectivity index (χ4v) is 1.16. The van der Waals surface area contributed by atoms with Crippen molar-refractivity contribution in [2.45, 2.75) is 44.1 Å². The molecule has 1 aliphatic rings. The standard InChI is InChI=1S/C8H15NO2/c9-8(5-6-8)4-2-1-3-7(10)11/h1-6,9H2,(H,10,11). The van der Waals surface area contributed by atoms with E-state index >= 15 is 0 Å². The van der Waals surface area contributed by atoms with Crippen LogP contribution in [0.15, 0.2) is 0 Å². The molecule has 0 amide bonds. The second-order valence-electron chi connectivity index (χ2n) is 3.46. The van der Waals surface area contributed by atoms with Crippen LogP contribution in [0.2, 0.25) is 0 Å². The lowest BCUT2D eigenvalue weighted by Crippen LogP contribution is -2.21. The lowest BCUT2D eigenvalue weighted by atomic mass is 10.1. The minimum Gasteiger partial charge on any atom is -0.481 e. The first kappa shape index (κ1) is 8.53. The number of carboxylic acid groups (broad SMARTS) is 1. The fraction of sp³-hybridized carbons (Fsp3) is 0.875. The number of hydrogen-bond acceptors (Lipinski definition) is 2. The van der Waals surface area contributed by atoms with Crippen LogP contribution in [-0.2, 0) is 4.79 Å². The van der Waals surface area contributed by atoms with Crippen molar-refractivity contribution in [2.24, 2.45) is 5.73 Å². The van der Waals surface area contributed by atoms with E-state index in [1.54, 1.807) is 0 Å². The normalized spacial score (nSPS) is 19.7. The summed E-state index contributed by atoms with van der Waals surface area (Å²) < 4.78 is 0. The van der Waals surface area contributed by atoms with Crippen LogP contribution in [0.1, 0.15) is 38.5 Å². The number of hydrogen-bond donors (Lipinski definition) is 2. The van der Waals surface area contributed by atoms with Gasteiger partial charge in [-0.15, -0.1) is 0 Å². The summed E-state index contributed by atoms with van der Waals surface area (Å²) in [5, 5.41) is 8.33. The van der Waals surface area contributed by atoms with Crippen LogP contribution in [0.25, 0.3) is 0 Å². The van der Waals surface area contributed by atoms with E-state index in [4.69, 9.17) is 10.8 Å². The zero-order chi connectivity index (χ0) is 8.32. The smallest absolute Gasteiger partial charge is 0.303 e. The van der Waals surface area contributed by atoms with Gasteiger partial charge in [-0.1, -0.05) is 6.42 Å². The Morgan fingerprint density at radius 3 is 2.55 bits per heavy atom. The number of carbonyl (C=O) groups is 1. The van der Waals surface area contributed by atoms with Crippen molar-refractivity contribution >= 4 is 5.97 Å². The van der Waals surface area contributed by atoms with Gasteiger partial charge < -0.3 is 10.8 Å². The Morgan fingerprint density at radius 2 is 2.09 bits per heavy atom. The van der Waals surface area contributed by atoms with Crippen LogP contribution in [-0.4, -0.2) is 16.6 Å². The SMILES string of the molecule is NC1(CCCCC(=O)O)CC1. The topological polar surface area (TPSA) is 63.3 Å². The molecule has 0 unspecified atom stereocenters. The van der Waals surface area contributed by atoms with E-state index in [1.807, 2.05) is 0 Å². The molecular formula is C8H15NO2. The van der Waals surface area contributed by atoms with E-state index < -0.39 is 5.97 Å². The van der Waals surface area contributed by atoms with E-state index in [1.165, 1.54) is 0 Å². The van der Waals surface area contributed by atoms with E-state index in [2.05, 4.69) is 0 Å². The van der Waals surface area contributed by atoms with E-state index in [9.17, 15) is 4.79 Å². The molecule has 0 radical (unpaired) electrons. The average Bonchev–Trinajstić information content (AvgIpc) is 2.62. The maximum atomic E-state index is 10.1. The molecule has 1 rings (SSSR count). The molecule has 1 fully saturated rings. The second kappa shape index (κ2) is 3.22. The van der Waals surface area contributed by atoms with Gasteiger partial charge in [0.1, 0.15) is 0 Å². The van der Waals surface area contributed by atoms with Crippen LogP contribution in [0, 0.1) is 0 Å². The highest BCUT2D eigenvalue weighted by molar-refractivity contribution is 5.66. The van der Waals surface area contributed by atoms with Gasteiger partial charge >= 0.3 is 5.97 Å². The summed E-state index contributed by atoms with van der Waals surface area (Å²) in [6.07, 6.45) is 5.27. The Kier molecular flexibility index (Phi) is 2.49. The lowest BCUT2D eigenvalue weighted by molar-refractivity contribution is -0.137. The second-order valence-corrected chi connectivity index (χ2v) is 3.46. The van der Waals surface area contributed by atoms with Crippen molar-refractivity contribution < 1.29 is 9.90 Å². The molecule has 0 spiro atoms. The zero-order valence-corrected chi connectivity index (χ0v) is 6.68. The summed E-state index contributed by atoms with van der Waals surface area (Å²) in [7, 11) is 0. The van der Waals surface area contributed by atoms with Crippen molar-refractivity contribution in [1.82, 2.24) is 0 Å². The highest BCUT2D eigenvalue weighted by Crippen LogP contribution is 2.36. The van der Waals surface area contributed by atoms with Crippen molar-refractivity contribution in [3.05, 3.63) is 0 Å². The zero-order valence-electron chi connectivity index (χ0n) is 6.68. The van der Waals surface area contributed by atoms with Crippen molar-refractivity contribution in [3.63, 3.8) is 0 Å². The molecule has 11 heavy (non-hydrogen) atoms. The predicted octanol–water partition coefficient (Wildman–Crippen LogP) is 1.12. The number of rotatable bonds is 5. The quantitative estimate of drug-likeness (QED) is 0.588. The van der Waals surface area contributed by atoms with Crippen molar-refractivity contribution in [3.8, 4) is 0 Å². The molecule has 0 atom stereocenters. The predicted molar refractivity (Wildman–Crippen MR) is 42.3 cm³/mol. The maximum Gasteiger partial charge on any atom is 0.303 e. The highest BCUT2D eigenvalue weighted by Gasteiger charge is 2.36. The van der Waals surface area contributed by atoms with Crippen molar-refractivity contribution in [1.29, 1.82) is 0 Å². The lowest BCUT2D eigenvalue weighted by Gasteiger charge is -2.05. The van der Waals surface area contributed by atoms with E-state index in [-0.39, 0.29) is 12.0 Å².